The minimum absolute atomic E-state index is 0.224. The number of nitrogens with zero attached hydrogens (tertiary/aromatic N) is 2. The molecule has 1 amide bonds. The molecule has 102 valence electrons. The second-order valence-corrected chi connectivity index (χ2v) is 6.37. The van der Waals surface area contributed by atoms with Crippen LogP contribution in [0.3, 0.4) is 0 Å². The fraction of sp³-hybridized carbons (Fsp3) is 0.364. The number of thiophene rings is 1. The van der Waals surface area contributed by atoms with Gasteiger partial charge in [-0.15, -0.1) is 21.5 Å². The summed E-state index contributed by atoms with van der Waals surface area (Å²) >= 11 is 2.87. The van der Waals surface area contributed by atoms with Crippen LogP contribution >= 0.6 is 23.1 Å². The van der Waals surface area contributed by atoms with Crippen molar-refractivity contribution in [3.05, 3.63) is 17.5 Å². The van der Waals surface area contributed by atoms with E-state index in [2.05, 4.69) is 15.6 Å². The Bertz CT molecular complexity index is 551. The highest BCUT2D eigenvalue weighted by Crippen LogP contribution is 2.30. The highest BCUT2D eigenvalue weighted by atomic mass is 32.2. The van der Waals surface area contributed by atoms with Gasteiger partial charge in [0.1, 0.15) is 0 Å². The molecule has 0 aliphatic carbocycles. The molecule has 0 aromatic carbocycles. The number of amides is 1. The number of rotatable bonds is 5. The number of carbonyl (C=O) groups excluding carboxylic acids is 1. The largest absolute Gasteiger partial charge is 0.410 e. The standard InChI is InChI=1S/C11H14N4O2S2/c1-11(2,9(16)13-12)6-19-10-15-14-8(17-10)7-4-3-5-18-7/h3-5H,6,12H2,1-2H3,(H,13,16). The topological polar surface area (TPSA) is 94.0 Å². The van der Waals surface area contributed by atoms with E-state index < -0.39 is 5.41 Å². The van der Waals surface area contributed by atoms with Crippen LogP contribution in [0.1, 0.15) is 13.8 Å². The lowest BCUT2D eigenvalue weighted by Gasteiger charge is -2.20. The maximum atomic E-state index is 11.5. The average molecular weight is 298 g/mol. The molecule has 0 radical (unpaired) electrons. The average Bonchev–Trinajstić information content (AvgIpc) is 3.05. The van der Waals surface area contributed by atoms with Crippen LogP contribution in [0, 0.1) is 5.41 Å². The molecule has 2 rings (SSSR count). The molecular formula is C11H14N4O2S2. The van der Waals surface area contributed by atoms with Crippen LogP contribution in [-0.4, -0.2) is 21.9 Å². The molecule has 0 aliphatic heterocycles. The number of carbonyl (C=O) groups is 1. The van der Waals surface area contributed by atoms with E-state index in [9.17, 15) is 4.79 Å². The van der Waals surface area contributed by atoms with Crippen molar-refractivity contribution in [3.63, 3.8) is 0 Å². The zero-order valence-corrected chi connectivity index (χ0v) is 12.2. The molecule has 0 atom stereocenters. The van der Waals surface area contributed by atoms with Gasteiger partial charge in [-0.3, -0.25) is 10.2 Å². The Kier molecular flexibility index (Phi) is 4.23. The molecule has 0 saturated carbocycles. The summed E-state index contributed by atoms with van der Waals surface area (Å²) in [5.41, 5.74) is 1.55. The molecule has 0 saturated heterocycles. The zero-order valence-electron chi connectivity index (χ0n) is 10.5. The summed E-state index contributed by atoms with van der Waals surface area (Å²) in [5.74, 6) is 5.91. The number of aromatic nitrogens is 2. The molecule has 0 spiro atoms. The maximum Gasteiger partial charge on any atom is 0.276 e. The van der Waals surface area contributed by atoms with Crippen molar-refractivity contribution in [1.82, 2.24) is 15.6 Å². The third-order valence-electron chi connectivity index (χ3n) is 2.44. The summed E-state index contributed by atoms with van der Waals surface area (Å²) < 4.78 is 5.53. The normalized spacial score (nSPS) is 11.5. The third-order valence-corrected chi connectivity index (χ3v) is 4.58. The molecule has 0 fully saturated rings. The summed E-state index contributed by atoms with van der Waals surface area (Å²) in [5, 5.41) is 10.3. The fourth-order valence-electron chi connectivity index (χ4n) is 1.27. The van der Waals surface area contributed by atoms with E-state index in [4.69, 9.17) is 10.3 Å². The highest BCUT2D eigenvalue weighted by molar-refractivity contribution is 7.99. The quantitative estimate of drug-likeness (QED) is 0.379. The van der Waals surface area contributed by atoms with E-state index in [1.54, 1.807) is 13.8 Å². The summed E-state index contributed by atoms with van der Waals surface area (Å²) in [7, 11) is 0. The van der Waals surface area contributed by atoms with E-state index in [1.807, 2.05) is 17.5 Å². The summed E-state index contributed by atoms with van der Waals surface area (Å²) in [6.45, 7) is 3.61. The van der Waals surface area contributed by atoms with Gasteiger partial charge in [0.15, 0.2) is 0 Å². The van der Waals surface area contributed by atoms with Gasteiger partial charge < -0.3 is 4.42 Å². The van der Waals surface area contributed by atoms with Crippen LogP contribution in [0.2, 0.25) is 0 Å². The van der Waals surface area contributed by atoms with Gasteiger partial charge in [0.25, 0.3) is 11.1 Å². The van der Waals surface area contributed by atoms with Crippen LogP contribution in [0.4, 0.5) is 0 Å². The smallest absolute Gasteiger partial charge is 0.276 e. The first-order valence-corrected chi connectivity index (χ1v) is 7.41. The second kappa shape index (κ2) is 5.72. The van der Waals surface area contributed by atoms with Crippen molar-refractivity contribution in [2.45, 2.75) is 19.1 Å². The third kappa shape index (κ3) is 3.34. The molecule has 8 heteroatoms. The van der Waals surface area contributed by atoms with Crippen molar-refractivity contribution < 1.29 is 9.21 Å². The molecule has 6 nitrogen and oxygen atoms in total. The molecule has 0 unspecified atom stereocenters. The van der Waals surface area contributed by atoms with Gasteiger partial charge in [0.2, 0.25) is 5.91 Å². The number of hydrazine groups is 1. The lowest BCUT2D eigenvalue weighted by Crippen LogP contribution is -2.42. The number of nitrogens with one attached hydrogen (secondary N) is 1. The van der Waals surface area contributed by atoms with Gasteiger partial charge in [0.05, 0.1) is 10.3 Å². The Morgan fingerprint density at radius 3 is 3.00 bits per heavy atom. The minimum Gasteiger partial charge on any atom is -0.410 e. The van der Waals surface area contributed by atoms with Crippen molar-refractivity contribution >= 4 is 29.0 Å². The predicted octanol–water partition coefficient (Wildman–Crippen LogP) is 1.91. The van der Waals surface area contributed by atoms with Crippen LogP contribution in [-0.2, 0) is 4.79 Å². The van der Waals surface area contributed by atoms with E-state index >= 15 is 0 Å². The van der Waals surface area contributed by atoms with Crippen molar-refractivity contribution in [1.29, 1.82) is 0 Å². The van der Waals surface area contributed by atoms with Gasteiger partial charge in [-0.05, 0) is 11.4 Å². The molecular weight excluding hydrogens is 284 g/mol. The van der Waals surface area contributed by atoms with E-state index in [-0.39, 0.29) is 5.91 Å². The fourth-order valence-corrected chi connectivity index (χ4v) is 2.77. The first-order valence-electron chi connectivity index (χ1n) is 5.54. The van der Waals surface area contributed by atoms with Crippen molar-refractivity contribution in [2.24, 2.45) is 11.3 Å². The van der Waals surface area contributed by atoms with Gasteiger partial charge in [-0.25, -0.2) is 5.84 Å². The molecule has 3 N–H and O–H groups in total. The molecule has 2 aromatic heterocycles. The zero-order chi connectivity index (χ0) is 13.9. The maximum absolute atomic E-state index is 11.5. The minimum atomic E-state index is -0.600. The molecule has 0 aliphatic rings. The van der Waals surface area contributed by atoms with Crippen LogP contribution < -0.4 is 11.3 Å². The van der Waals surface area contributed by atoms with Gasteiger partial charge >= 0.3 is 0 Å². The lowest BCUT2D eigenvalue weighted by molar-refractivity contribution is -0.128. The molecule has 2 heterocycles. The van der Waals surface area contributed by atoms with Crippen molar-refractivity contribution in [2.75, 3.05) is 5.75 Å². The van der Waals surface area contributed by atoms with Gasteiger partial charge in [-0.2, -0.15) is 0 Å². The summed E-state index contributed by atoms with van der Waals surface area (Å²) in [6.07, 6.45) is 0. The van der Waals surface area contributed by atoms with Crippen molar-refractivity contribution in [3.8, 4) is 10.8 Å². The first kappa shape index (κ1) is 14.0. The molecule has 0 bridgehead atoms. The summed E-state index contributed by atoms with van der Waals surface area (Å²) in [6, 6.07) is 3.84. The Hall–Kier alpha value is -1.38. The second-order valence-electron chi connectivity index (χ2n) is 4.50. The SMILES string of the molecule is CC(C)(CSc1nnc(-c2cccs2)o1)C(=O)NN. The Balaban J connectivity index is 1.99. The van der Waals surface area contributed by atoms with Crippen LogP contribution in [0.5, 0.6) is 0 Å². The van der Waals surface area contributed by atoms with E-state index in [0.29, 0.717) is 16.9 Å². The Morgan fingerprint density at radius 1 is 1.58 bits per heavy atom. The van der Waals surface area contributed by atoms with E-state index in [1.165, 1.54) is 23.1 Å². The monoisotopic (exact) mass is 298 g/mol. The number of nitrogens with two attached hydrogens (primary N) is 1. The number of hydrogen-bond donors (Lipinski definition) is 2. The summed E-state index contributed by atoms with van der Waals surface area (Å²) in [4.78, 5) is 12.5. The Morgan fingerprint density at radius 2 is 2.37 bits per heavy atom. The van der Waals surface area contributed by atoms with Gasteiger partial charge in [0, 0.05) is 5.75 Å². The lowest BCUT2D eigenvalue weighted by atomic mass is 9.96. The number of thioether (sulfide) groups is 1. The Labute approximate surface area is 118 Å². The highest BCUT2D eigenvalue weighted by Gasteiger charge is 2.28. The predicted molar refractivity (Wildman–Crippen MR) is 74.4 cm³/mol. The van der Waals surface area contributed by atoms with Gasteiger partial charge in [-0.1, -0.05) is 31.7 Å². The molecule has 19 heavy (non-hydrogen) atoms. The van der Waals surface area contributed by atoms with Crippen LogP contribution in [0.25, 0.3) is 10.8 Å². The van der Waals surface area contributed by atoms with Crippen LogP contribution in [0.15, 0.2) is 27.2 Å². The van der Waals surface area contributed by atoms with E-state index in [0.717, 1.165) is 4.88 Å². The first-order chi connectivity index (χ1) is 9.03. The molecule has 2 aromatic rings. The number of hydrogen-bond acceptors (Lipinski definition) is 7.